The number of anilines is 1. The zero-order chi connectivity index (χ0) is 20.4. The summed E-state index contributed by atoms with van der Waals surface area (Å²) >= 11 is 12.2. The summed E-state index contributed by atoms with van der Waals surface area (Å²) in [6, 6.07) is 19.9. The molecule has 0 unspecified atom stereocenters. The molecule has 0 bridgehead atoms. The van der Waals surface area contributed by atoms with Crippen molar-refractivity contribution in [2.45, 2.75) is 6.92 Å². The van der Waals surface area contributed by atoms with E-state index in [9.17, 15) is 5.11 Å². The predicted octanol–water partition coefficient (Wildman–Crippen LogP) is 6.15. The first kappa shape index (κ1) is 19.2. The van der Waals surface area contributed by atoms with E-state index in [4.69, 9.17) is 23.2 Å². The van der Waals surface area contributed by atoms with E-state index >= 15 is 0 Å². The number of aromatic hydroxyl groups is 1. The van der Waals surface area contributed by atoms with Crippen molar-refractivity contribution >= 4 is 45.6 Å². The lowest BCUT2D eigenvalue weighted by Crippen LogP contribution is -2.03. The van der Waals surface area contributed by atoms with Crippen LogP contribution in [0.3, 0.4) is 0 Å². The molecule has 3 aromatic carbocycles. The van der Waals surface area contributed by atoms with Crippen molar-refractivity contribution in [2.24, 2.45) is 5.10 Å². The zero-order valence-electron chi connectivity index (χ0n) is 15.4. The highest BCUT2D eigenvalue weighted by molar-refractivity contribution is 6.42. The van der Waals surface area contributed by atoms with Crippen LogP contribution in [0.5, 0.6) is 5.75 Å². The van der Waals surface area contributed by atoms with E-state index in [-0.39, 0.29) is 5.75 Å². The minimum Gasteiger partial charge on any atom is -0.507 e. The van der Waals surface area contributed by atoms with Gasteiger partial charge in [-0.2, -0.15) is 5.10 Å². The fourth-order valence-corrected chi connectivity index (χ4v) is 3.20. The normalized spacial score (nSPS) is 11.6. The number of rotatable bonds is 4. The van der Waals surface area contributed by atoms with Gasteiger partial charge >= 0.3 is 0 Å². The minimum absolute atomic E-state index is 0.166. The molecule has 1 heterocycles. The average molecular weight is 423 g/mol. The van der Waals surface area contributed by atoms with Gasteiger partial charge in [0.05, 0.1) is 21.3 Å². The lowest BCUT2D eigenvalue weighted by molar-refractivity contribution is 0.474. The van der Waals surface area contributed by atoms with Crippen molar-refractivity contribution in [1.82, 2.24) is 9.97 Å². The van der Waals surface area contributed by atoms with Crippen molar-refractivity contribution < 1.29 is 5.11 Å². The summed E-state index contributed by atoms with van der Waals surface area (Å²) in [4.78, 5) is 9.27. The molecule has 0 spiro atoms. The fraction of sp³-hybridized carbons (Fsp3) is 0.0455. The molecule has 7 heteroatoms. The van der Waals surface area contributed by atoms with E-state index in [1.54, 1.807) is 30.3 Å². The Morgan fingerprint density at radius 2 is 1.69 bits per heavy atom. The molecule has 0 saturated carbocycles. The molecule has 0 amide bonds. The van der Waals surface area contributed by atoms with Crippen LogP contribution in [0.4, 0.5) is 5.82 Å². The number of phenols is 1. The maximum Gasteiger partial charge on any atom is 0.162 e. The molecule has 2 N–H and O–H groups in total. The van der Waals surface area contributed by atoms with Crippen LogP contribution in [0.1, 0.15) is 12.5 Å². The second-order valence-electron chi connectivity index (χ2n) is 6.37. The Kier molecular flexibility index (Phi) is 5.34. The van der Waals surface area contributed by atoms with Crippen molar-refractivity contribution in [3.05, 3.63) is 82.3 Å². The van der Waals surface area contributed by atoms with E-state index < -0.39 is 0 Å². The predicted molar refractivity (Wildman–Crippen MR) is 119 cm³/mol. The number of phenolic OH excluding ortho intramolecular Hbond substituents is 1. The van der Waals surface area contributed by atoms with Crippen LogP contribution >= 0.6 is 23.2 Å². The molecule has 0 aliphatic heterocycles. The second-order valence-corrected chi connectivity index (χ2v) is 7.18. The maximum absolute atomic E-state index is 10.0. The first-order chi connectivity index (χ1) is 14.0. The molecule has 0 saturated heterocycles. The van der Waals surface area contributed by atoms with Gasteiger partial charge in [-0.3, -0.25) is 5.43 Å². The standard InChI is InChI=1S/C22H16Cl2N4O/c1-13(15-6-3-5-9-20(15)29)27-28-22-16-7-2-4-8-19(16)25-21(26-22)14-10-11-17(23)18(24)12-14/h2-12,29H,1H3,(H,25,26,28). The van der Waals surface area contributed by atoms with Gasteiger partial charge in [0.1, 0.15) is 5.75 Å². The molecule has 0 aliphatic rings. The third kappa shape index (κ3) is 4.01. The Labute approximate surface area is 177 Å². The molecular weight excluding hydrogens is 407 g/mol. The highest BCUT2D eigenvalue weighted by atomic mass is 35.5. The van der Waals surface area contributed by atoms with Crippen LogP contribution in [0.2, 0.25) is 10.0 Å². The molecule has 0 fully saturated rings. The smallest absolute Gasteiger partial charge is 0.162 e. The topological polar surface area (TPSA) is 70.4 Å². The summed E-state index contributed by atoms with van der Waals surface area (Å²) in [5.74, 6) is 1.21. The molecule has 0 atom stereocenters. The van der Waals surface area contributed by atoms with E-state index in [0.29, 0.717) is 33.0 Å². The Morgan fingerprint density at radius 3 is 2.48 bits per heavy atom. The number of nitrogens with one attached hydrogen (secondary N) is 1. The van der Waals surface area contributed by atoms with E-state index in [2.05, 4.69) is 20.5 Å². The summed E-state index contributed by atoms with van der Waals surface area (Å²) in [7, 11) is 0. The lowest BCUT2D eigenvalue weighted by Gasteiger charge is -2.10. The van der Waals surface area contributed by atoms with Crippen LogP contribution in [0.15, 0.2) is 71.8 Å². The second kappa shape index (κ2) is 8.07. The molecule has 0 aliphatic carbocycles. The molecule has 1 aromatic heterocycles. The lowest BCUT2D eigenvalue weighted by atomic mass is 10.1. The molecule has 29 heavy (non-hydrogen) atoms. The number of fused-ring (bicyclic) bond motifs is 1. The van der Waals surface area contributed by atoms with Gasteiger partial charge in [-0.25, -0.2) is 9.97 Å². The van der Waals surface area contributed by atoms with Gasteiger partial charge in [0.2, 0.25) is 0 Å². The quantitative estimate of drug-likeness (QED) is 0.305. The highest BCUT2D eigenvalue weighted by Gasteiger charge is 2.11. The van der Waals surface area contributed by atoms with Gasteiger partial charge in [-0.05, 0) is 49.4 Å². The number of nitrogens with zero attached hydrogens (tertiary/aromatic N) is 3. The maximum atomic E-state index is 10.0. The summed E-state index contributed by atoms with van der Waals surface area (Å²) in [6.07, 6.45) is 0. The molecule has 5 nitrogen and oxygen atoms in total. The first-order valence-electron chi connectivity index (χ1n) is 8.84. The van der Waals surface area contributed by atoms with Crippen molar-refractivity contribution in [2.75, 3.05) is 5.43 Å². The van der Waals surface area contributed by atoms with Crippen LogP contribution in [-0.2, 0) is 0 Å². The van der Waals surface area contributed by atoms with Crippen molar-refractivity contribution in [3.8, 4) is 17.1 Å². The zero-order valence-corrected chi connectivity index (χ0v) is 16.9. The van der Waals surface area contributed by atoms with Crippen LogP contribution < -0.4 is 5.43 Å². The van der Waals surface area contributed by atoms with E-state index in [1.165, 1.54) is 0 Å². The van der Waals surface area contributed by atoms with E-state index in [1.807, 2.05) is 43.3 Å². The Bertz CT molecular complexity index is 1240. The van der Waals surface area contributed by atoms with Crippen LogP contribution in [-0.4, -0.2) is 20.8 Å². The number of halogens is 2. The van der Waals surface area contributed by atoms with E-state index in [0.717, 1.165) is 16.5 Å². The Morgan fingerprint density at radius 1 is 0.931 bits per heavy atom. The number of para-hydroxylation sites is 2. The fourth-order valence-electron chi connectivity index (χ4n) is 2.90. The molecule has 4 rings (SSSR count). The van der Waals surface area contributed by atoms with Gasteiger partial charge in [0, 0.05) is 16.5 Å². The van der Waals surface area contributed by atoms with Gasteiger partial charge in [-0.15, -0.1) is 0 Å². The van der Waals surface area contributed by atoms with Gasteiger partial charge in [-0.1, -0.05) is 47.5 Å². The third-order valence-corrected chi connectivity index (χ3v) is 5.14. The van der Waals surface area contributed by atoms with Crippen molar-refractivity contribution in [1.29, 1.82) is 0 Å². The van der Waals surface area contributed by atoms with Gasteiger partial charge in [0.25, 0.3) is 0 Å². The number of hydrogen-bond donors (Lipinski definition) is 2. The minimum atomic E-state index is 0.166. The number of hydrogen-bond acceptors (Lipinski definition) is 5. The highest BCUT2D eigenvalue weighted by Crippen LogP contribution is 2.29. The van der Waals surface area contributed by atoms with Crippen LogP contribution in [0, 0.1) is 0 Å². The number of aromatic nitrogens is 2. The summed E-state index contributed by atoms with van der Waals surface area (Å²) in [5.41, 5.74) is 5.79. The number of hydrazone groups is 1. The van der Waals surface area contributed by atoms with Gasteiger partial charge < -0.3 is 5.11 Å². The average Bonchev–Trinajstić information content (AvgIpc) is 2.74. The monoisotopic (exact) mass is 422 g/mol. The number of benzene rings is 3. The molecule has 0 radical (unpaired) electrons. The van der Waals surface area contributed by atoms with Gasteiger partial charge in [0.15, 0.2) is 11.6 Å². The first-order valence-corrected chi connectivity index (χ1v) is 9.59. The molecule has 144 valence electrons. The van der Waals surface area contributed by atoms with Crippen molar-refractivity contribution in [3.63, 3.8) is 0 Å². The largest absolute Gasteiger partial charge is 0.507 e. The third-order valence-electron chi connectivity index (χ3n) is 4.40. The summed E-state index contributed by atoms with van der Waals surface area (Å²) < 4.78 is 0. The van der Waals surface area contributed by atoms with Crippen LogP contribution in [0.25, 0.3) is 22.3 Å². The SMILES string of the molecule is CC(=NNc1nc(-c2ccc(Cl)c(Cl)c2)nc2ccccc12)c1ccccc1O. The Hall–Kier alpha value is -3.15. The summed E-state index contributed by atoms with van der Waals surface area (Å²) in [5, 5.41) is 16.2. The molecular formula is C22H16Cl2N4O. The summed E-state index contributed by atoms with van der Waals surface area (Å²) in [6.45, 7) is 1.81. The Balaban J connectivity index is 1.78. The molecule has 4 aromatic rings.